The Balaban J connectivity index is 1.47. The minimum atomic E-state index is -0.510. The number of nitrogens with zero attached hydrogens (tertiary/aromatic N) is 3. The molecule has 1 fully saturated rings. The number of aromatic amines is 1. The van der Waals surface area contributed by atoms with Crippen molar-refractivity contribution >= 4 is 23.4 Å². The Bertz CT molecular complexity index is 1000. The Morgan fingerprint density at radius 2 is 2.16 bits per heavy atom. The topological polar surface area (TPSA) is 78.5 Å². The molecule has 0 bridgehead atoms. The maximum absolute atomic E-state index is 13.4. The molecule has 7 nitrogen and oxygen atoms in total. The van der Waals surface area contributed by atoms with E-state index in [-0.39, 0.29) is 28.8 Å². The number of hydrogen-bond acceptors (Lipinski definition) is 4. The second-order valence-corrected chi connectivity index (χ2v) is 8.65. The highest BCUT2D eigenvalue weighted by Crippen LogP contribution is 2.42. The summed E-state index contributed by atoms with van der Waals surface area (Å²) in [4.78, 5) is 29.5. The molecule has 1 saturated carbocycles. The van der Waals surface area contributed by atoms with E-state index in [0.29, 0.717) is 44.0 Å². The molecule has 0 radical (unpaired) electrons. The third kappa shape index (κ3) is 4.32. The number of amides is 2. The fraction of sp³-hybridized carbons (Fsp3) is 0.500. The molecule has 9 heteroatoms. The quantitative estimate of drug-likeness (QED) is 0.706. The highest BCUT2D eigenvalue weighted by atomic mass is 35.5. The molecule has 2 amide bonds. The first kappa shape index (κ1) is 21.8. The van der Waals surface area contributed by atoms with Crippen LogP contribution < -0.4 is 0 Å². The lowest BCUT2D eigenvalue weighted by molar-refractivity contribution is -0.131. The Morgan fingerprint density at radius 3 is 2.84 bits per heavy atom. The van der Waals surface area contributed by atoms with Crippen molar-refractivity contribution in [2.24, 2.45) is 0 Å². The largest absolute Gasteiger partial charge is 0.379 e. The van der Waals surface area contributed by atoms with Gasteiger partial charge < -0.3 is 14.5 Å². The Labute approximate surface area is 185 Å². The molecule has 1 aromatic carbocycles. The number of fused-ring (bicyclic) bond motifs is 1. The molecule has 1 aliphatic heterocycles. The van der Waals surface area contributed by atoms with Gasteiger partial charge in [0, 0.05) is 44.4 Å². The predicted molar refractivity (Wildman–Crippen MR) is 113 cm³/mol. The number of likely N-dealkylation sites (N-methyl/N-ethyl adjacent to an activating group) is 1. The van der Waals surface area contributed by atoms with Crippen LogP contribution in [0.15, 0.2) is 18.2 Å². The number of aromatic nitrogens is 2. The van der Waals surface area contributed by atoms with Crippen LogP contribution in [0.1, 0.15) is 47.1 Å². The van der Waals surface area contributed by atoms with Crippen LogP contribution in [0, 0.1) is 5.82 Å². The van der Waals surface area contributed by atoms with Crippen LogP contribution in [0.4, 0.5) is 4.39 Å². The van der Waals surface area contributed by atoms with E-state index in [1.54, 1.807) is 22.9 Å². The van der Waals surface area contributed by atoms with E-state index in [1.807, 2.05) is 6.92 Å². The molecule has 0 saturated heterocycles. The smallest absolute Gasteiger partial charge is 0.274 e. The lowest BCUT2D eigenvalue weighted by atomic mass is 10.0. The monoisotopic (exact) mass is 448 g/mol. The summed E-state index contributed by atoms with van der Waals surface area (Å²) in [5.41, 5.74) is 2.41. The van der Waals surface area contributed by atoms with Crippen molar-refractivity contribution in [3.05, 3.63) is 51.6 Å². The van der Waals surface area contributed by atoms with Crippen molar-refractivity contribution in [3.63, 3.8) is 0 Å². The van der Waals surface area contributed by atoms with Gasteiger partial charge in [-0.2, -0.15) is 5.10 Å². The minimum Gasteiger partial charge on any atom is -0.379 e. The third-order valence-corrected chi connectivity index (χ3v) is 6.54. The standard InChI is InChI=1S/C22H26ClFN4O3/c1-3-31-13-22(7-8-22)27(2)21(30)20-15-12-28(9-6-18(15)25-26-20)19(29)11-14-4-5-17(24)16(23)10-14/h4-5,10H,3,6-9,11-13H2,1-2H3,(H,25,26). The van der Waals surface area contributed by atoms with E-state index in [0.717, 1.165) is 24.1 Å². The fourth-order valence-corrected chi connectivity index (χ4v) is 4.21. The van der Waals surface area contributed by atoms with Crippen molar-refractivity contribution in [1.82, 2.24) is 20.0 Å². The number of nitrogens with one attached hydrogen (secondary N) is 1. The molecular weight excluding hydrogens is 423 g/mol. The molecular formula is C22H26ClFN4O3. The number of benzene rings is 1. The molecule has 1 aromatic heterocycles. The summed E-state index contributed by atoms with van der Waals surface area (Å²) in [6.45, 7) is 3.91. The Kier molecular flexibility index (Phi) is 6.03. The van der Waals surface area contributed by atoms with Gasteiger partial charge in [0.2, 0.25) is 5.91 Å². The van der Waals surface area contributed by atoms with Crippen molar-refractivity contribution in [2.45, 2.75) is 44.7 Å². The van der Waals surface area contributed by atoms with Crippen molar-refractivity contribution < 1.29 is 18.7 Å². The minimum absolute atomic E-state index is 0.00181. The average molecular weight is 449 g/mol. The molecule has 0 unspecified atom stereocenters. The van der Waals surface area contributed by atoms with Gasteiger partial charge in [0.15, 0.2) is 5.69 Å². The van der Waals surface area contributed by atoms with Gasteiger partial charge in [-0.1, -0.05) is 17.7 Å². The van der Waals surface area contributed by atoms with Gasteiger partial charge in [0.25, 0.3) is 5.91 Å². The maximum atomic E-state index is 13.4. The molecule has 2 aromatic rings. The van der Waals surface area contributed by atoms with E-state index in [9.17, 15) is 14.0 Å². The molecule has 2 aliphatic rings. The maximum Gasteiger partial charge on any atom is 0.274 e. The van der Waals surface area contributed by atoms with E-state index in [2.05, 4.69) is 10.2 Å². The summed E-state index contributed by atoms with van der Waals surface area (Å²) in [6.07, 6.45) is 2.53. The fourth-order valence-electron chi connectivity index (χ4n) is 4.01. The van der Waals surface area contributed by atoms with E-state index in [1.165, 1.54) is 12.1 Å². The van der Waals surface area contributed by atoms with Crippen LogP contribution in [0.3, 0.4) is 0 Å². The average Bonchev–Trinajstić information content (AvgIpc) is 3.44. The second-order valence-electron chi connectivity index (χ2n) is 8.25. The lowest BCUT2D eigenvalue weighted by Crippen LogP contribution is -2.43. The van der Waals surface area contributed by atoms with Gasteiger partial charge >= 0.3 is 0 Å². The SMILES string of the molecule is CCOCC1(N(C)C(=O)c2n[nH]c3c2CN(C(=O)Cc2ccc(F)c(Cl)c2)CC3)CC1. The zero-order chi connectivity index (χ0) is 22.2. The third-order valence-electron chi connectivity index (χ3n) is 6.25. The number of hydrogen-bond donors (Lipinski definition) is 1. The van der Waals surface area contributed by atoms with Gasteiger partial charge in [-0.25, -0.2) is 4.39 Å². The molecule has 1 N–H and O–H groups in total. The molecule has 31 heavy (non-hydrogen) atoms. The molecule has 0 atom stereocenters. The first-order valence-corrected chi connectivity index (χ1v) is 10.9. The van der Waals surface area contributed by atoms with Crippen molar-refractivity contribution in [1.29, 1.82) is 0 Å². The predicted octanol–water partition coefficient (Wildman–Crippen LogP) is 2.97. The van der Waals surface area contributed by atoms with Crippen LogP contribution in [-0.4, -0.2) is 64.2 Å². The number of rotatable bonds is 7. The summed E-state index contributed by atoms with van der Waals surface area (Å²) in [7, 11) is 1.79. The number of H-pyrrole nitrogens is 1. The van der Waals surface area contributed by atoms with Crippen LogP contribution in [-0.2, 0) is 28.9 Å². The first-order valence-electron chi connectivity index (χ1n) is 10.5. The van der Waals surface area contributed by atoms with Crippen molar-refractivity contribution in [2.75, 3.05) is 26.8 Å². The number of carbonyl (C=O) groups excluding carboxylic acids is 2. The normalized spacial score (nSPS) is 16.7. The Morgan fingerprint density at radius 1 is 1.39 bits per heavy atom. The first-order chi connectivity index (χ1) is 14.8. The highest BCUT2D eigenvalue weighted by Gasteiger charge is 2.49. The zero-order valence-electron chi connectivity index (χ0n) is 17.7. The van der Waals surface area contributed by atoms with Crippen LogP contribution >= 0.6 is 11.6 Å². The number of carbonyl (C=O) groups is 2. The van der Waals surface area contributed by atoms with Gasteiger partial charge in [-0.05, 0) is 37.5 Å². The number of ether oxygens (including phenoxy) is 1. The summed E-state index contributed by atoms with van der Waals surface area (Å²) >= 11 is 5.83. The van der Waals surface area contributed by atoms with E-state index < -0.39 is 5.82 Å². The van der Waals surface area contributed by atoms with Crippen LogP contribution in [0.5, 0.6) is 0 Å². The number of halogens is 2. The van der Waals surface area contributed by atoms with Crippen LogP contribution in [0.25, 0.3) is 0 Å². The summed E-state index contributed by atoms with van der Waals surface area (Å²) in [6, 6.07) is 4.29. The molecule has 2 heterocycles. The molecule has 0 spiro atoms. The zero-order valence-corrected chi connectivity index (χ0v) is 18.5. The van der Waals surface area contributed by atoms with Gasteiger partial charge in [0.05, 0.1) is 23.6 Å². The van der Waals surface area contributed by atoms with Gasteiger partial charge in [0.1, 0.15) is 5.82 Å². The lowest BCUT2D eigenvalue weighted by Gasteiger charge is -2.30. The summed E-state index contributed by atoms with van der Waals surface area (Å²) < 4.78 is 19.0. The Hall–Kier alpha value is -2.45. The molecule has 4 rings (SSSR count). The summed E-state index contributed by atoms with van der Waals surface area (Å²) in [5, 5.41) is 7.26. The van der Waals surface area contributed by atoms with Gasteiger partial charge in [-0.15, -0.1) is 0 Å². The van der Waals surface area contributed by atoms with E-state index >= 15 is 0 Å². The summed E-state index contributed by atoms with van der Waals surface area (Å²) in [5.74, 6) is -0.769. The highest BCUT2D eigenvalue weighted by molar-refractivity contribution is 6.30. The van der Waals surface area contributed by atoms with E-state index in [4.69, 9.17) is 16.3 Å². The van der Waals surface area contributed by atoms with Gasteiger partial charge in [-0.3, -0.25) is 14.7 Å². The molecule has 166 valence electrons. The second kappa shape index (κ2) is 8.59. The van der Waals surface area contributed by atoms with Crippen LogP contribution in [0.2, 0.25) is 5.02 Å². The molecule has 1 aliphatic carbocycles. The van der Waals surface area contributed by atoms with Crippen molar-refractivity contribution in [3.8, 4) is 0 Å².